The maximum Gasteiger partial charge on any atom is 0.262 e. The van der Waals surface area contributed by atoms with E-state index in [1.54, 1.807) is 24.4 Å². The van der Waals surface area contributed by atoms with Gasteiger partial charge < -0.3 is 9.73 Å². The van der Waals surface area contributed by atoms with E-state index < -0.39 is 0 Å². The molecule has 2 heterocycles. The molecule has 0 aliphatic carbocycles. The van der Waals surface area contributed by atoms with Gasteiger partial charge in [-0.1, -0.05) is 34.1 Å². The summed E-state index contributed by atoms with van der Waals surface area (Å²) < 4.78 is 6.88. The van der Waals surface area contributed by atoms with Crippen LogP contribution in [0.1, 0.15) is 15.9 Å². The van der Waals surface area contributed by atoms with Crippen LogP contribution in [0.3, 0.4) is 0 Å². The summed E-state index contributed by atoms with van der Waals surface area (Å²) in [7, 11) is 0. The highest BCUT2D eigenvalue weighted by molar-refractivity contribution is 9.10. The first-order valence-electron chi connectivity index (χ1n) is 8.66. The highest BCUT2D eigenvalue weighted by Gasteiger charge is 2.14. The standard InChI is InChI=1S/C22H16BrN3O2/c1-14-5-4-6-17(11-14)25-22-18(21(27)26-20-7-2-3-10-24-20)13-15-12-16(23)8-9-19(15)28-22/h2-13H,1H3,(H,24,26,27). The normalized spacial score (nSPS) is 11.6. The number of pyridine rings is 1. The Labute approximate surface area is 169 Å². The Kier molecular flexibility index (Phi) is 5.04. The molecule has 0 aliphatic rings. The van der Waals surface area contributed by atoms with Crippen LogP contribution in [0.5, 0.6) is 0 Å². The van der Waals surface area contributed by atoms with Gasteiger partial charge in [-0.25, -0.2) is 9.98 Å². The molecule has 0 fully saturated rings. The van der Waals surface area contributed by atoms with Crippen molar-refractivity contribution in [3.63, 3.8) is 0 Å². The molecule has 1 amide bonds. The first-order chi connectivity index (χ1) is 13.6. The molecule has 2 aromatic heterocycles. The fourth-order valence-corrected chi connectivity index (χ4v) is 3.16. The van der Waals surface area contributed by atoms with Crippen LogP contribution in [0.2, 0.25) is 0 Å². The lowest BCUT2D eigenvalue weighted by atomic mass is 10.1. The molecule has 6 heteroatoms. The topological polar surface area (TPSA) is 67.5 Å². The fourth-order valence-electron chi connectivity index (χ4n) is 2.78. The Morgan fingerprint density at radius 1 is 1.07 bits per heavy atom. The van der Waals surface area contributed by atoms with E-state index in [0.29, 0.717) is 22.7 Å². The second-order valence-corrected chi connectivity index (χ2v) is 7.18. The van der Waals surface area contributed by atoms with Crippen molar-refractivity contribution in [2.24, 2.45) is 4.99 Å². The highest BCUT2D eigenvalue weighted by Crippen LogP contribution is 2.21. The molecular formula is C22H16BrN3O2. The van der Waals surface area contributed by atoms with Crippen LogP contribution in [-0.4, -0.2) is 10.9 Å². The molecule has 4 rings (SSSR count). The summed E-state index contributed by atoms with van der Waals surface area (Å²) in [5, 5.41) is 3.59. The summed E-state index contributed by atoms with van der Waals surface area (Å²) in [6, 6.07) is 20.4. The minimum absolute atomic E-state index is 0.244. The number of aryl methyl sites for hydroxylation is 1. The molecule has 0 spiro atoms. The van der Waals surface area contributed by atoms with Crippen LogP contribution < -0.4 is 10.9 Å². The zero-order valence-electron chi connectivity index (χ0n) is 15.0. The molecule has 5 nitrogen and oxygen atoms in total. The van der Waals surface area contributed by atoms with E-state index in [9.17, 15) is 4.79 Å². The quantitative estimate of drug-likeness (QED) is 0.471. The Morgan fingerprint density at radius 2 is 1.96 bits per heavy atom. The lowest BCUT2D eigenvalue weighted by Crippen LogP contribution is -2.22. The number of carbonyl (C=O) groups is 1. The zero-order chi connectivity index (χ0) is 19.5. The summed E-state index contributed by atoms with van der Waals surface area (Å²) in [6.07, 6.45) is 1.62. The molecule has 0 bridgehead atoms. The van der Waals surface area contributed by atoms with Gasteiger partial charge in [-0.15, -0.1) is 0 Å². The van der Waals surface area contributed by atoms with E-state index in [0.717, 1.165) is 15.4 Å². The number of amides is 1. The van der Waals surface area contributed by atoms with E-state index in [4.69, 9.17) is 4.42 Å². The Morgan fingerprint density at radius 3 is 2.75 bits per heavy atom. The summed E-state index contributed by atoms with van der Waals surface area (Å²) >= 11 is 3.45. The third kappa shape index (κ3) is 4.02. The van der Waals surface area contributed by atoms with Gasteiger partial charge in [-0.3, -0.25) is 4.79 Å². The zero-order valence-corrected chi connectivity index (χ0v) is 16.6. The summed E-state index contributed by atoms with van der Waals surface area (Å²) in [6.45, 7) is 1.99. The Bertz CT molecular complexity index is 1230. The third-order valence-corrected chi connectivity index (χ3v) is 4.59. The van der Waals surface area contributed by atoms with E-state index in [1.165, 1.54) is 0 Å². The molecule has 0 atom stereocenters. The molecular weight excluding hydrogens is 418 g/mol. The first-order valence-corrected chi connectivity index (χ1v) is 9.45. The SMILES string of the molecule is Cc1cccc(N=c2oc3ccc(Br)cc3cc2C(=O)Nc2ccccn2)c1. The molecule has 0 saturated carbocycles. The van der Waals surface area contributed by atoms with Crippen LogP contribution in [0.25, 0.3) is 11.0 Å². The molecule has 0 saturated heterocycles. The predicted molar refractivity (Wildman–Crippen MR) is 113 cm³/mol. The average Bonchev–Trinajstić information content (AvgIpc) is 2.68. The molecule has 2 aromatic carbocycles. The van der Waals surface area contributed by atoms with Crippen LogP contribution in [0.4, 0.5) is 11.5 Å². The number of hydrogen-bond donors (Lipinski definition) is 1. The van der Waals surface area contributed by atoms with Gasteiger partial charge in [0.05, 0.1) is 5.69 Å². The van der Waals surface area contributed by atoms with Crippen molar-refractivity contribution in [2.75, 3.05) is 5.32 Å². The molecule has 1 N–H and O–H groups in total. The average molecular weight is 434 g/mol. The first kappa shape index (κ1) is 18.1. The van der Waals surface area contributed by atoms with Gasteiger partial charge in [0, 0.05) is 16.1 Å². The van der Waals surface area contributed by atoms with Gasteiger partial charge in [-0.2, -0.15) is 0 Å². The van der Waals surface area contributed by atoms with E-state index in [-0.39, 0.29) is 11.5 Å². The maximum absolute atomic E-state index is 12.9. The number of carbonyl (C=O) groups excluding carboxylic acids is 1. The van der Waals surface area contributed by atoms with Crippen molar-refractivity contribution in [1.29, 1.82) is 0 Å². The number of fused-ring (bicyclic) bond motifs is 1. The number of hydrogen-bond acceptors (Lipinski definition) is 4. The van der Waals surface area contributed by atoms with Crippen LogP contribution in [0.15, 0.2) is 86.8 Å². The van der Waals surface area contributed by atoms with Crippen LogP contribution >= 0.6 is 15.9 Å². The van der Waals surface area contributed by atoms with Crippen molar-refractivity contribution in [2.45, 2.75) is 6.92 Å². The number of halogens is 1. The molecule has 0 radical (unpaired) electrons. The number of nitrogens with zero attached hydrogens (tertiary/aromatic N) is 2. The monoisotopic (exact) mass is 433 g/mol. The smallest absolute Gasteiger partial charge is 0.262 e. The largest absolute Gasteiger partial charge is 0.438 e. The second kappa shape index (κ2) is 7.78. The molecule has 0 aliphatic heterocycles. The minimum Gasteiger partial charge on any atom is -0.438 e. The summed E-state index contributed by atoms with van der Waals surface area (Å²) in [5.41, 5.74) is 3.01. The highest BCUT2D eigenvalue weighted by atomic mass is 79.9. The molecule has 4 aromatic rings. The van der Waals surface area contributed by atoms with Gasteiger partial charge in [0.2, 0.25) is 5.55 Å². The summed E-state index contributed by atoms with van der Waals surface area (Å²) in [4.78, 5) is 21.7. The van der Waals surface area contributed by atoms with E-state index in [2.05, 4.69) is 31.2 Å². The number of rotatable bonds is 3. The third-order valence-electron chi connectivity index (χ3n) is 4.09. The predicted octanol–water partition coefficient (Wildman–Crippen LogP) is 5.38. The second-order valence-electron chi connectivity index (χ2n) is 6.27. The molecule has 0 unspecified atom stereocenters. The number of benzene rings is 2. The lowest BCUT2D eigenvalue weighted by Gasteiger charge is -2.07. The van der Waals surface area contributed by atoms with Crippen LogP contribution in [-0.2, 0) is 0 Å². The number of nitrogens with one attached hydrogen (secondary N) is 1. The van der Waals surface area contributed by atoms with E-state index in [1.807, 2.05) is 55.5 Å². The number of aromatic nitrogens is 1. The maximum atomic E-state index is 12.9. The van der Waals surface area contributed by atoms with Gasteiger partial charge in [0.25, 0.3) is 5.91 Å². The van der Waals surface area contributed by atoms with Crippen molar-refractivity contribution in [3.05, 3.63) is 94.1 Å². The van der Waals surface area contributed by atoms with Crippen molar-refractivity contribution in [3.8, 4) is 0 Å². The van der Waals surface area contributed by atoms with E-state index >= 15 is 0 Å². The van der Waals surface area contributed by atoms with Gasteiger partial charge in [0.15, 0.2) is 0 Å². The Hall–Kier alpha value is -3.25. The van der Waals surface area contributed by atoms with Crippen molar-refractivity contribution in [1.82, 2.24) is 4.98 Å². The van der Waals surface area contributed by atoms with Crippen molar-refractivity contribution < 1.29 is 9.21 Å². The molecule has 28 heavy (non-hydrogen) atoms. The minimum atomic E-state index is -0.337. The van der Waals surface area contributed by atoms with Gasteiger partial charge in [-0.05, 0) is 61.0 Å². The van der Waals surface area contributed by atoms with Crippen molar-refractivity contribution >= 4 is 44.3 Å². The van der Waals surface area contributed by atoms with Crippen LogP contribution in [0, 0.1) is 6.92 Å². The fraction of sp³-hybridized carbons (Fsp3) is 0.0455. The Balaban J connectivity index is 1.87. The number of anilines is 1. The van der Waals surface area contributed by atoms with Gasteiger partial charge in [0.1, 0.15) is 17.0 Å². The summed E-state index contributed by atoms with van der Waals surface area (Å²) in [5.74, 6) is 0.124. The molecule has 138 valence electrons. The lowest BCUT2D eigenvalue weighted by molar-refractivity contribution is 0.102. The van der Waals surface area contributed by atoms with Gasteiger partial charge >= 0.3 is 0 Å².